The summed E-state index contributed by atoms with van der Waals surface area (Å²) in [6, 6.07) is 7.27. The number of hydrogen-bond donors (Lipinski definition) is 1. The molecule has 0 saturated heterocycles. The third-order valence-corrected chi connectivity index (χ3v) is 5.55. The monoisotopic (exact) mass is 455 g/mol. The number of rotatable bonds is 16. The number of ether oxygens (including phenoxy) is 3. The predicted molar refractivity (Wildman–Crippen MR) is 124 cm³/mol. The highest BCUT2D eigenvalue weighted by Crippen LogP contribution is 2.15. The van der Waals surface area contributed by atoms with Gasteiger partial charge in [0.15, 0.2) is 6.10 Å². The van der Waals surface area contributed by atoms with E-state index in [2.05, 4.69) is 6.92 Å². The van der Waals surface area contributed by atoms with E-state index in [9.17, 15) is 14.7 Å². The fourth-order valence-corrected chi connectivity index (χ4v) is 3.63. The quantitative estimate of drug-likeness (QED) is 0.368. The van der Waals surface area contributed by atoms with Crippen LogP contribution in [0.25, 0.3) is 0 Å². The maximum absolute atomic E-state index is 12.4. The molecule has 0 aliphatic rings. The van der Waals surface area contributed by atoms with Crippen LogP contribution in [0, 0.1) is 0 Å². The van der Waals surface area contributed by atoms with Crippen molar-refractivity contribution in [2.45, 2.75) is 59.2 Å². The van der Waals surface area contributed by atoms with Crippen LogP contribution in [-0.2, 0) is 20.7 Å². The van der Waals surface area contributed by atoms with Crippen LogP contribution in [0.3, 0.4) is 0 Å². The second-order valence-corrected chi connectivity index (χ2v) is 8.59. The summed E-state index contributed by atoms with van der Waals surface area (Å²) in [6.07, 6.45) is 1.03. The lowest BCUT2D eigenvalue weighted by molar-refractivity contribution is -0.149. The van der Waals surface area contributed by atoms with E-state index in [1.165, 1.54) is 0 Å². The first kappa shape index (κ1) is 27.1. The molecule has 7 nitrogen and oxygen atoms in total. The van der Waals surface area contributed by atoms with E-state index in [1.807, 2.05) is 37.7 Å². The minimum absolute atomic E-state index is 0.163. The Kier molecular flexibility index (Phi) is 13.8. The van der Waals surface area contributed by atoms with Crippen molar-refractivity contribution in [3.63, 3.8) is 0 Å². The molecule has 0 bridgehead atoms. The topological polar surface area (TPSA) is 85.3 Å². The molecule has 1 amide bonds. The molecule has 0 aliphatic heterocycles. The molecule has 0 saturated carbocycles. The first-order chi connectivity index (χ1) is 14.9. The van der Waals surface area contributed by atoms with Gasteiger partial charge in [-0.2, -0.15) is 11.8 Å². The molecule has 1 rings (SSSR count). The van der Waals surface area contributed by atoms with Crippen LogP contribution in [0.2, 0.25) is 0 Å². The molecule has 1 aromatic rings. The van der Waals surface area contributed by atoms with Crippen molar-refractivity contribution in [1.82, 2.24) is 4.90 Å². The standard InChI is InChI=1S/C23H37NO6S/c1-5-15-31-16-7-12-24(23(27)30-18(3)4)13-14-29-20-10-8-19(9-11-20)17-21(22(25)26)28-6-2/h8-11,18,21H,5-7,12-17H2,1-4H3,(H,25,26). The minimum Gasteiger partial charge on any atom is -0.492 e. The van der Waals surface area contributed by atoms with Gasteiger partial charge < -0.3 is 24.2 Å². The first-order valence-corrected chi connectivity index (χ1v) is 12.1. The van der Waals surface area contributed by atoms with E-state index in [1.54, 1.807) is 24.0 Å². The molecule has 0 spiro atoms. The summed E-state index contributed by atoms with van der Waals surface area (Å²) >= 11 is 1.90. The van der Waals surface area contributed by atoms with Gasteiger partial charge in [-0.3, -0.25) is 0 Å². The van der Waals surface area contributed by atoms with E-state index in [-0.39, 0.29) is 12.2 Å². The molecule has 1 aromatic carbocycles. The zero-order chi connectivity index (χ0) is 23.1. The number of carbonyl (C=O) groups is 2. The molecule has 1 unspecified atom stereocenters. The van der Waals surface area contributed by atoms with Crippen LogP contribution in [0.15, 0.2) is 24.3 Å². The lowest BCUT2D eigenvalue weighted by Gasteiger charge is -2.23. The summed E-state index contributed by atoms with van der Waals surface area (Å²) in [5.74, 6) is 1.85. The number of carbonyl (C=O) groups excluding carboxylic acids is 1. The van der Waals surface area contributed by atoms with E-state index >= 15 is 0 Å². The van der Waals surface area contributed by atoms with Crippen molar-refractivity contribution in [1.29, 1.82) is 0 Å². The Morgan fingerprint density at radius 2 is 1.81 bits per heavy atom. The Hall–Kier alpha value is -1.93. The molecular weight excluding hydrogens is 418 g/mol. The number of amides is 1. The summed E-state index contributed by atoms with van der Waals surface area (Å²) in [7, 11) is 0. The summed E-state index contributed by atoms with van der Waals surface area (Å²) in [5.41, 5.74) is 0.861. The number of carboxylic acids is 1. The Labute approximate surface area is 190 Å². The van der Waals surface area contributed by atoms with Crippen molar-refractivity contribution in [2.75, 3.05) is 37.8 Å². The highest BCUT2D eigenvalue weighted by atomic mass is 32.2. The van der Waals surface area contributed by atoms with Gasteiger partial charge in [0, 0.05) is 19.6 Å². The third-order valence-electron chi connectivity index (χ3n) is 4.28. The molecule has 8 heteroatoms. The van der Waals surface area contributed by atoms with Gasteiger partial charge in [-0.1, -0.05) is 19.1 Å². The molecule has 1 atom stereocenters. The van der Waals surface area contributed by atoms with Crippen LogP contribution in [0.5, 0.6) is 5.75 Å². The van der Waals surface area contributed by atoms with E-state index in [4.69, 9.17) is 14.2 Å². The van der Waals surface area contributed by atoms with Gasteiger partial charge >= 0.3 is 12.1 Å². The summed E-state index contributed by atoms with van der Waals surface area (Å²) in [5, 5.41) is 9.20. The fraction of sp³-hybridized carbons (Fsp3) is 0.652. The summed E-state index contributed by atoms with van der Waals surface area (Å²) < 4.78 is 16.4. The molecular formula is C23H37NO6S. The number of carboxylic acid groups (broad SMARTS) is 1. The Balaban J connectivity index is 2.53. The number of thioether (sulfide) groups is 1. The molecule has 0 fully saturated rings. The normalized spacial score (nSPS) is 11.9. The molecule has 1 N–H and O–H groups in total. The van der Waals surface area contributed by atoms with E-state index in [0.717, 1.165) is 29.9 Å². The lowest BCUT2D eigenvalue weighted by Crippen LogP contribution is -2.37. The number of nitrogens with zero attached hydrogens (tertiary/aromatic N) is 1. The van der Waals surface area contributed by atoms with Crippen molar-refractivity contribution in [3.8, 4) is 5.75 Å². The van der Waals surface area contributed by atoms with Crippen molar-refractivity contribution in [3.05, 3.63) is 29.8 Å². The van der Waals surface area contributed by atoms with Crippen LogP contribution >= 0.6 is 11.8 Å². The van der Waals surface area contributed by atoms with Crippen LogP contribution in [0.4, 0.5) is 4.79 Å². The Bertz CT molecular complexity index is 637. The smallest absolute Gasteiger partial charge is 0.410 e. The van der Waals surface area contributed by atoms with Gasteiger partial charge in [0.05, 0.1) is 12.6 Å². The van der Waals surface area contributed by atoms with Gasteiger partial charge in [-0.15, -0.1) is 0 Å². The first-order valence-electron chi connectivity index (χ1n) is 11.0. The maximum Gasteiger partial charge on any atom is 0.410 e. The summed E-state index contributed by atoms with van der Waals surface area (Å²) in [6.45, 7) is 9.40. The lowest BCUT2D eigenvalue weighted by atomic mass is 10.1. The largest absolute Gasteiger partial charge is 0.492 e. The second kappa shape index (κ2) is 15.8. The van der Waals surface area contributed by atoms with Gasteiger partial charge in [-0.05, 0) is 62.8 Å². The van der Waals surface area contributed by atoms with Crippen molar-refractivity contribution < 1.29 is 28.9 Å². The predicted octanol–water partition coefficient (Wildman–Crippen LogP) is 4.48. The fourth-order valence-electron chi connectivity index (χ4n) is 2.80. The van der Waals surface area contributed by atoms with Gasteiger partial charge in [0.2, 0.25) is 0 Å². The highest BCUT2D eigenvalue weighted by molar-refractivity contribution is 7.99. The zero-order valence-electron chi connectivity index (χ0n) is 19.2. The Morgan fingerprint density at radius 3 is 2.39 bits per heavy atom. The minimum atomic E-state index is -0.969. The van der Waals surface area contributed by atoms with Crippen LogP contribution < -0.4 is 4.74 Å². The SMILES string of the molecule is CCCSCCCN(CCOc1ccc(CC(OCC)C(=O)O)cc1)C(=O)OC(C)C. The van der Waals surface area contributed by atoms with E-state index < -0.39 is 12.1 Å². The van der Waals surface area contributed by atoms with Crippen LogP contribution in [-0.4, -0.2) is 72.1 Å². The second-order valence-electron chi connectivity index (χ2n) is 7.36. The molecule has 31 heavy (non-hydrogen) atoms. The third kappa shape index (κ3) is 11.9. The number of aliphatic carboxylic acids is 1. The Morgan fingerprint density at radius 1 is 1.10 bits per heavy atom. The molecule has 0 aliphatic carbocycles. The number of benzene rings is 1. The zero-order valence-corrected chi connectivity index (χ0v) is 20.0. The van der Waals surface area contributed by atoms with Gasteiger partial charge in [0.1, 0.15) is 12.4 Å². The van der Waals surface area contributed by atoms with Gasteiger partial charge in [0.25, 0.3) is 0 Å². The molecule has 176 valence electrons. The van der Waals surface area contributed by atoms with Crippen molar-refractivity contribution in [2.24, 2.45) is 0 Å². The maximum atomic E-state index is 12.4. The van der Waals surface area contributed by atoms with Crippen LogP contribution in [0.1, 0.15) is 46.1 Å². The molecule has 0 radical (unpaired) electrons. The highest BCUT2D eigenvalue weighted by Gasteiger charge is 2.18. The van der Waals surface area contributed by atoms with E-state index in [0.29, 0.717) is 38.5 Å². The molecule has 0 heterocycles. The molecule has 0 aromatic heterocycles. The average Bonchev–Trinajstić information content (AvgIpc) is 2.72. The average molecular weight is 456 g/mol. The van der Waals surface area contributed by atoms with Gasteiger partial charge in [-0.25, -0.2) is 9.59 Å². The summed E-state index contributed by atoms with van der Waals surface area (Å²) in [4.78, 5) is 25.3. The van der Waals surface area contributed by atoms with Crippen molar-refractivity contribution >= 4 is 23.8 Å². The number of hydrogen-bond acceptors (Lipinski definition) is 6.